The number of benzene rings is 2. The third kappa shape index (κ3) is 3.78. The number of sulfone groups is 1. The van der Waals surface area contributed by atoms with E-state index in [1.807, 2.05) is 0 Å². The van der Waals surface area contributed by atoms with E-state index < -0.39 is 15.7 Å². The van der Waals surface area contributed by atoms with Crippen LogP contribution in [0.4, 0.5) is 0 Å². The summed E-state index contributed by atoms with van der Waals surface area (Å²) in [6, 6.07) is 14.4. The Balaban J connectivity index is 1.91. The van der Waals surface area contributed by atoms with Crippen molar-refractivity contribution in [3.05, 3.63) is 77.3 Å². The van der Waals surface area contributed by atoms with Crippen LogP contribution in [0.3, 0.4) is 0 Å². The molecule has 0 aliphatic rings. The highest BCUT2D eigenvalue weighted by Crippen LogP contribution is 2.38. The summed E-state index contributed by atoms with van der Waals surface area (Å²) >= 11 is 0. The minimum atomic E-state index is -3.47. The normalized spacial score (nSPS) is 11.6. The van der Waals surface area contributed by atoms with E-state index in [-0.39, 0.29) is 10.6 Å². The van der Waals surface area contributed by atoms with Crippen LogP contribution in [-0.4, -0.2) is 25.1 Å². The Kier molecular flexibility index (Phi) is 5.35. The Hall–Kier alpha value is -3.85. The SMILES string of the molecule is CCS(=O)(=O)c1ccc(Oc2ccc(C(N)=O)cc2)c(-c2cc(C)[n+]([O-])c3[nH]ccc23)c1. The number of nitrogens with zero attached hydrogens (tertiary/aromatic N) is 1. The minimum absolute atomic E-state index is 0.0465. The van der Waals surface area contributed by atoms with E-state index in [1.54, 1.807) is 68.6 Å². The van der Waals surface area contributed by atoms with Gasteiger partial charge in [0.25, 0.3) is 5.65 Å². The van der Waals surface area contributed by atoms with Crippen molar-refractivity contribution in [1.82, 2.24) is 4.98 Å². The number of primary amides is 1. The quantitative estimate of drug-likeness (QED) is 0.343. The van der Waals surface area contributed by atoms with Gasteiger partial charge in [0, 0.05) is 16.7 Å². The number of pyridine rings is 1. The number of carbonyl (C=O) groups excluding carboxylic acids is 1. The molecule has 2 heterocycles. The predicted molar refractivity (Wildman–Crippen MR) is 120 cm³/mol. The maximum absolute atomic E-state index is 12.5. The van der Waals surface area contributed by atoms with Gasteiger partial charge in [0.1, 0.15) is 17.2 Å². The predicted octanol–water partition coefficient (Wildman–Crippen LogP) is 3.46. The van der Waals surface area contributed by atoms with Gasteiger partial charge in [-0.3, -0.25) is 4.79 Å². The van der Waals surface area contributed by atoms with E-state index in [2.05, 4.69) is 4.98 Å². The number of nitrogens with one attached hydrogen (secondary N) is 1. The summed E-state index contributed by atoms with van der Waals surface area (Å²) in [7, 11) is -3.47. The molecule has 0 aliphatic carbocycles. The van der Waals surface area contributed by atoms with Gasteiger partial charge in [-0.1, -0.05) is 6.92 Å². The van der Waals surface area contributed by atoms with Crippen LogP contribution in [0.1, 0.15) is 23.0 Å². The molecule has 0 bridgehead atoms. The summed E-state index contributed by atoms with van der Waals surface area (Å²) in [5.74, 6) is 0.248. The molecule has 164 valence electrons. The number of aryl methyl sites for hydroxylation is 1. The molecule has 0 fully saturated rings. The van der Waals surface area contributed by atoms with Crippen LogP contribution in [-0.2, 0) is 9.84 Å². The molecule has 9 heteroatoms. The maximum atomic E-state index is 12.5. The van der Waals surface area contributed by atoms with Crippen molar-refractivity contribution in [3.63, 3.8) is 0 Å². The fourth-order valence-electron chi connectivity index (χ4n) is 3.47. The Morgan fingerprint density at radius 2 is 1.81 bits per heavy atom. The topological polar surface area (TPSA) is 129 Å². The van der Waals surface area contributed by atoms with Crippen molar-refractivity contribution in [3.8, 4) is 22.6 Å². The van der Waals surface area contributed by atoms with E-state index >= 15 is 0 Å². The standard InChI is InChI=1S/C23H21N3O5S/c1-3-32(29,30)17-8-9-21(31-16-6-4-15(5-7-16)22(24)27)20(13-17)19-12-14(2)26(28)23-18(19)10-11-25-23/h4-13,25H,3H2,1-2H3,(H2,24,27). The first-order chi connectivity index (χ1) is 15.2. The van der Waals surface area contributed by atoms with E-state index in [9.17, 15) is 18.4 Å². The second-order valence-electron chi connectivity index (χ2n) is 7.29. The Labute approximate surface area is 184 Å². The van der Waals surface area contributed by atoms with Crippen molar-refractivity contribution >= 4 is 26.8 Å². The molecular formula is C23H21N3O5S. The van der Waals surface area contributed by atoms with Crippen molar-refractivity contribution < 1.29 is 22.7 Å². The number of aromatic amines is 1. The summed E-state index contributed by atoms with van der Waals surface area (Å²) in [5, 5.41) is 13.1. The molecule has 0 spiro atoms. The molecule has 2 aromatic carbocycles. The monoisotopic (exact) mass is 451 g/mol. The maximum Gasteiger partial charge on any atom is 0.290 e. The number of fused-ring (bicyclic) bond motifs is 1. The summed E-state index contributed by atoms with van der Waals surface area (Å²) < 4.78 is 31.9. The smallest absolute Gasteiger partial charge is 0.290 e. The number of rotatable bonds is 6. The van der Waals surface area contributed by atoms with Gasteiger partial charge in [-0.15, -0.1) is 0 Å². The molecule has 0 aliphatic heterocycles. The molecule has 3 N–H and O–H groups in total. The van der Waals surface area contributed by atoms with Crippen molar-refractivity contribution in [2.24, 2.45) is 5.73 Å². The van der Waals surface area contributed by atoms with Crippen LogP contribution < -0.4 is 15.2 Å². The van der Waals surface area contributed by atoms with Crippen LogP contribution in [0.15, 0.2) is 65.7 Å². The molecule has 1 amide bonds. The number of nitrogens with two attached hydrogens (primary N) is 1. The van der Waals surface area contributed by atoms with E-state index in [1.165, 1.54) is 6.07 Å². The third-order valence-corrected chi connectivity index (χ3v) is 6.97. The molecule has 0 radical (unpaired) electrons. The van der Waals surface area contributed by atoms with Crippen LogP contribution >= 0.6 is 0 Å². The zero-order valence-corrected chi connectivity index (χ0v) is 18.3. The lowest BCUT2D eigenvalue weighted by Gasteiger charge is -2.16. The van der Waals surface area contributed by atoms with Crippen molar-refractivity contribution in [2.75, 3.05) is 5.75 Å². The fraction of sp³-hybridized carbons (Fsp3) is 0.130. The molecule has 0 unspecified atom stereocenters. The number of ether oxygens (including phenoxy) is 1. The number of hydrogen-bond donors (Lipinski definition) is 2. The van der Waals surface area contributed by atoms with Gasteiger partial charge in [0.2, 0.25) is 5.91 Å². The highest BCUT2D eigenvalue weighted by molar-refractivity contribution is 7.91. The van der Waals surface area contributed by atoms with Crippen LogP contribution in [0.5, 0.6) is 11.5 Å². The van der Waals surface area contributed by atoms with Crippen LogP contribution in [0, 0.1) is 12.1 Å². The highest BCUT2D eigenvalue weighted by atomic mass is 32.2. The first-order valence-electron chi connectivity index (χ1n) is 9.86. The summed E-state index contributed by atoms with van der Waals surface area (Å²) in [5.41, 5.74) is 7.61. The molecule has 8 nitrogen and oxygen atoms in total. The van der Waals surface area contributed by atoms with Gasteiger partial charge in [0.15, 0.2) is 9.84 Å². The molecular weight excluding hydrogens is 430 g/mol. The molecule has 0 saturated heterocycles. The molecule has 0 atom stereocenters. The average molecular weight is 452 g/mol. The zero-order valence-electron chi connectivity index (χ0n) is 17.5. The number of carbonyl (C=O) groups is 1. The lowest BCUT2D eigenvalue weighted by molar-refractivity contribution is -0.586. The van der Waals surface area contributed by atoms with Crippen LogP contribution in [0.25, 0.3) is 22.2 Å². The zero-order chi connectivity index (χ0) is 23.0. The van der Waals surface area contributed by atoms with Gasteiger partial charge >= 0.3 is 0 Å². The van der Waals surface area contributed by atoms with Gasteiger partial charge in [-0.2, -0.15) is 0 Å². The summed E-state index contributed by atoms with van der Waals surface area (Å²) in [4.78, 5) is 14.4. The Morgan fingerprint density at radius 1 is 1.09 bits per heavy atom. The van der Waals surface area contributed by atoms with Crippen molar-refractivity contribution in [2.45, 2.75) is 18.7 Å². The minimum Gasteiger partial charge on any atom is -0.710 e. The second-order valence-corrected chi connectivity index (χ2v) is 9.56. The van der Waals surface area contributed by atoms with Gasteiger partial charge in [-0.05, 0) is 61.5 Å². The van der Waals surface area contributed by atoms with Crippen molar-refractivity contribution in [1.29, 1.82) is 0 Å². The lowest BCUT2D eigenvalue weighted by Crippen LogP contribution is -2.31. The van der Waals surface area contributed by atoms with Gasteiger partial charge in [0.05, 0.1) is 22.2 Å². The number of amides is 1. The number of H-pyrrole nitrogens is 1. The van der Waals surface area contributed by atoms with E-state index in [0.717, 1.165) is 4.73 Å². The second kappa shape index (κ2) is 8.01. The molecule has 4 rings (SSSR count). The largest absolute Gasteiger partial charge is 0.710 e. The molecule has 4 aromatic rings. The third-order valence-electron chi connectivity index (χ3n) is 5.24. The Morgan fingerprint density at radius 3 is 2.47 bits per heavy atom. The average Bonchev–Trinajstić information content (AvgIpc) is 3.27. The Bertz CT molecular complexity index is 1440. The number of aromatic nitrogens is 2. The van der Waals surface area contributed by atoms with Gasteiger partial charge in [-0.25, -0.2) is 18.1 Å². The first kappa shape index (κ1) is 21.4. The molecule has 2 aromatic heterocycles. The van der Waals surface area contributed by atoms with E-state index in [0.29, 0.717) is 44.9 Å². The fourth-order valence-corrected chi connectivity index (χ4v) is 4.38. The lowest BCUT2D eigenvalue weighted by atomic mass is 10.0. The highest BCUT2D eigenvalue weighted by Gasteiger charge is 2.21. The molecule has 32 heavy (non-hydrogen) atoms. The summed E-state index contributed by atoms with van der Waals surface area (Å²) in [6.07, 6.45) is 1.65. The van der Waals surface area contributed by atoms with Crippen LogP contribution in [0.2, 0.25) is 0 Å². The van der Waals surface area contributed by atoms with E-state index in [4.69, 9.17) is 10.5 Å². The summed E-state index contributed by atoms with van der Waals surface area (Å²) in [6.45, 7) is 3.25. The van der Waals surface area contributed by atoms with Gasteiger partial charge < -0.3 is 15.7 Å². The first-order valence-corrected chi connectivity index (χ1v) is 11.5. The molecule has 0 saturated carbocycles. The number of hydrogen-bond acceptors (Lipinski definition) is 5.